The van der Waals surface area contributed by atoms with Crippen molar-refractivity contribution in [3.05, 3.63) is 129 Å². The fourth-order valence-corrected chi connectivity index (χ4v) is 5.21. The van der Waals surface area contributed by atoms with Gasteiger partial charge in [-0.1, -0.05) is 47.5 Å². The van der Waals surface area contributed by atoms with E-state index in [0.29, 0.717) is 21.2 Å². The number of furan rings is 1. The molecule has 4 nitrogen and oxygen atoms in total. The summed E-state index contributed by atoms with van der Waals surface area (Å²) >= 11 is 12.0. The van der Waals surface area contributed by atoms with Gasteiger partial charge in [-0.25, -0.2) is 0 Å². The van der Waals surface area contributed by atoms with Gasteiger partial charge in [-0.2, -0.15) is 0 Å². The minimum Gasteiger partial charge on any atom is -0.461 e. The van der Waals surface area contributed by atoms with Crippen LogP contribution >= 0.6 is 23.2 Å². The Hall–Kier alpha value is -3.47. The number of hydrogen-bond donors (Lipinski definition) is 0. The maximum absolute atomic E-state index is 13.9. The Morgan fingerprint density at radius 3 is 1.89 bits per heavy atom. The molecule has 0 saturated carbocycles. The van der Waals surface area contributed by atoms with Gasteiger partial charge in [0.25, 0.3) is 0 Å². The van der Waals surface area contributed by atoms with Gasteiger partial charge in [0.1, 0.15) is 0 Å². The van der Waals surface area contributed by atoms with E-state index in [9.17, 15) is 14.4 Å². The second-order valence-electron chi connectivity index (χ2n) is 8.59. The van der Waals surface area contributed by atoms with Crippen LogP contribution < -0.4 is 0 Å². The van der Waals surface area contributed by atoms with Crippen molar-refractivity contribution in [1.29, 1.82) is 0 Å². The number of rotatable bonds is 7. The van der Waals surface area contributed by atoms with Gasteiger partial charge in [-0.3, -0.25) is 14.4 Å². The van der Waals surface area contributed by atoms with Gasteiger partial charge < -0.3 is 4.42 Å². The lowest BCUT2D eigenvalue weighted by molar-refractivity contribution is 0.0788. The number of hydrogen-bond acceptors (Lipinski definition) is 4. The molecule has 3 atom stereocenters. The lowest BCUT2D eigenvalue weighted by atomic mass is 9.76. The predicted octanol–water partition coefficient (Wildman–Crippen LogP) is 7.42. The normalized spacial score (nSPS) is 18.7. The molecule has 5 rings (SSSR count). The van der Waals surface area contributed by atoms with Crippen LogP contribution in [-0.2, 0) is 0 Å². The molecule has 0 aliphatic heterocycles. The van der Waals surface area contributed by atoms with E-state index in [1.165, 1.54) is 6.26 Å². The molecule has 0 saturated heterocycles. The maximum atomic E-state index is 13.9. The van der Waals surface area contributed by atoms with Gasteiger partial charge >= 0.3 is 0 Å². The summed E-state index contributed by atoms with van der Waals surface area (Å²) in [5.41, 5.74) is 2.51. The number of fused-ring (bicyclic) bond motifs is 1. The second-order valence-corrected chi connectivity index (χ2v) is 9.46. The van der Waals surface area contributed by atoms with E-state index in [-0.39, 0.29) is 29.5 Å². The van der Waals surface area contributed by atoms with Gasteiger partial charge in [-0.05, 0) is 71.8 Å². The van der Waals surface area contributed by atoms with E-state index in [1.54, 1.807) is 60.7 Å². The first-order valence-electron chi connectivity index (χ1n) is 11.2. The Labute approximate surface area is 212 Å². The molecule has 0 unspecified atom stereocenters. The van der Waals surface area contributed by atoms with Crippen molar-refractivity contribution in [3.63, 3.8) is 0 Å². The van der Waals surface area contributed by atoms with Crippen LogP contribution in [0.1, 0.15) is 60.7 Å². The van der Waals surface area contributed by atoms with E-state index in [4.69, 9.17) is 27.6 Å². The third-order valence-electron chi connectivity index (χ3n) is 6.57. The Morgan fingerprint density at radius 2 is 1.29 bits per heavy atom. The number of benzene rings is 3. The number of Topliss-reactive ketones (excluding diaryl/α,β-unsaturated/α-hetero) is 3. The highest BCUT2D eigenvalue weighted by atomic mass is 35.5. The molecule has 4 aromatic rings. The molecule has 6 heteroatoms. The fraction of sp³-hybridized carbons (Fsp3) is 0.138. The Kier molecular flexibility index (Phi) is 6.42. The van der Waals surface area contributed by atoms with E-state index in [2.05, 4.69) is 0 Å². The van der Waals surface area contributed by atoms with E-state index in [1.807, 2.05) is 24.3 Å². The molecule has 1 aliphatic carbocycles. The average molecular weight is 503 g/mol. The second kappa shape index (κ2) is 9.65. The van der Waals surface area contributed by atoms with Crippen LogP contribution in [0.5, 0.6) is 0 Å². The molecular formula is C29H20Cl2O4. The average Bonchev–Trinajstić information content (AvgIpc) is 3.51. The first-order valence-corrected chi connectivity index (χ1v) is 11.9. The van der Waals surface area contributed by atoms with Crippen molar-refractivity contribution in [2.45, 2.75) is 18.3 Å². The lowest BCUT2D eigenvalue weighted by Crippen LogP contribution is -2.29. The van der Waals surface area contributed by atoms with Crippen molar-refractivity contribution in [2.24, 2.45) is 5.92 Å². The summed E-state index contributed by atoms with van der Waals surface area (Å²) < 4.78 is 5.41. The van der Waals surface area contributed by atoms with Crippen LogP contribution in [0.2, 0.25) is 10.0 Å². The molecule has 0 amide bonds. The molecule has 1 aromatic heterocycles. The van der Waals surface area contributed by atoms with Gasteiger partial charge in [0.15, 0.2) is 17.3 Å². The molecule has 1 heterocycles. The van der Waals surface area contributed by atoms with Crippen molar-refractivity contribution < 1.29 is 18.8 Å². The summed E-state index contributed by atoms with van der Waals surface area (Å²) in [5.74, 6) is -2.47. The fourth-order valence-electron chi connectivity index (χ4n) is 4.96. The predicted molar refractivity (Wildman–Crippen MR) is 135 cm³/mol. The van der Waals surface area contributed by atoms with Gasteiger partial charge in [0, 0.05) is 39.4 Å². The van der Waals surface area contributed by atoms with Crippen molar-refractivity contribution in [1.82, 2.24) is 0 Å². The Morgan fingerprint density at radius 1 is 0.686 bits per heavy atom. The number of carbonyl (C=O) groups is 3. The Balaban J connectivity index is 1.60. The first kappa shape index (κ1) is 23.3. The lowest BCUT2D eigenvalue weighted by Gasteiger charge is -2.23. The molecule has 0 bridgehead atoms. The largest absolute Gasteiger partial charge is 0.461 e. The zero-order valence-corrected chi connectivity index (χ0v) is 20.0. The molecular weight excluding hydrogens is 483 g/mol. The molecule has 1 aliphatic rings. The van der Waals surface area contributed by atoms with Crippen LogP contribution in [0.25, 0.3) is 0 Å². The third kappa shape index (κ3) is 4.47. The van der Waals surface area contributed by atoms with Crippen molar-refractivity contribution in [3.8, 4) is 0 Å². The molecule has 0 spiro atoms. The molecule has 174 valence electrons. The smallest absolute Gasteiger partial charge is 0.206 e. The third-order valence-corrected chi connectivity index (χ3v) is 7.08. The minimum absolute atomic E-state index is 0.0740. The van der Waals surface area contributed by atoms with Crippen molar-refractivity contribution in [2.75, 3.05) is 0 Å². The molecule has 0 radical (unpaired) electrons. The van der Waals surface area contributed by atoms with Gasteiger partial charge in [-0.15, -0.1) is 0 Å². The highest BCUT2D eigenvalue weighted by Crippen LogP contribution is 2.51. The van der Waals surface area contributed by atoms with Crippen molar-refractivity contribution >= 4 is 40.6 Å². The zero-order chi connectivity index (χ0) is 24.5. The summed E-state index contributed by atoms with van der Waals surface area (Å²) in [4.78, 5) is 40.9. The topological polar surface area (TPSA) is 64.3 Å². The van der Waals surface area contributed by atoms with Crippen LogP contribution in [-0.4, -0.2) is 17.3 Å². The molecule has 35 heavy (non-hydrogen) atoms. The molecule has 0 fully saturated rings. The Bertz CT molecular complexity index is 1390. The number of carbonyl (C=O) groups excluding carboxylic acids is 3. The van der Waals surface area contributed by atoms with Gasteiger partial charge in [0.05, 0.1) is 12.2 Å². The number of ketones is 3. The highest BCUT2D eigenvalue weighted by molar-refractivity contribution is 6.31. The van der Waals surface area contributed by atoms with Gasteiger partial charge in [0.2, 0.25) is 5.78 Å². The zero-order valence-electron chi connectivity index (χ0n) is 18.5. The number of halogens is 2. The summed E-state index contributed by atoms with van der Waals surface area (Å²) in [6.07, 6.45) is 1.51. The summed E-state index contributed by atoms with van der Waals surface area (Å²) in [6.45, 7) is 0. The van der Waals surface area contributed by atoms with Crippen LogP contribution in [0.15, 0.2) is 95.6 Å². The van der Waals surface area contributed by atoms with E-state index < -0.39 is 17.8 Å². The summed E-state index contributed by atoms with van der Waals surface area (Å²) in [5, 5.41) is 1.04. The van der Waals surface area contributed by atoms with Crippen LogP contribution in [0, 0.1) is 5.92 Å². The maximum Gasteiger partial charge on any atom is 0.206 e. The van der Waals surface area contributed by atoms with E-state index in [0.717, 1.165) is 11.1 Å². The first-order chi connectivity index (χ1) is 16.9. The molecule has 3 aromatic carbocycles. The minimum atomic E-state index is -0.776. The monoisotopic (exact) mass is 502 g/mol. The summed E-state index contributed by atoms with van der Waals surface area (Å²) in [6, 6.07) is 24.0. The van der Waals surface area contributed by atoms with Crippen LogP contribution in [0.4, 0.5) is 0 Å². The standard InChI is InChI=1S/C29H20Cl2O4/c30-19-11-7-17(8-12-19)24(32)16-23-21-4-1-2-5-22(21)26(29(34)25-6-3-15-35-25)27(23)28(33)18-9-13-20(31)14-10-18/h1-15,23,26-27H,16H2/t23-,26-,27-/m1/s1. The van der Waals surface area contributed by atoms with Crippen LogP contribution in [0.3, 0.4) is 0 Å². The SMILES string of the molecule is O=C(C[C@@H]1c2ccccc2[C@@H](C(=O)c2ccco2)[C@@H]1C(=O)c1ccc(Cl)cc1)c1ccc(Cl)cc1. The summed E-state index contributed by atoms with van der Waals surface area (Å²) in [7, 11) is 0. The molecule has 0 N–H and O–H groups in total. The highest BCUT2D eigenvalue weighted by Gasteiger charge is 2.49. The van der Waals surface area contributed by atoms with E-state index >= 15 is 0 Å². The quantitative estimate of drug-likeness (QED) is 0.246.